The molecule has 2 nitrogen and oxygen atoms in total. The molecule has 0 amide bonds. The lowest BCUT2D eigenvalue weighted by atomic mass is 9.96. The molecule has 0 fully saturated rings. The Morgan fingerprint density at radius 1 is 1.35 bits per heavy atom. The predicted molar refractivity (Wildman–Crippen MR) is 64.3 cm³/mol. The van der Waals surface area contributed by atoms with Crippen LogP contribution in [0, 0.1) is 0 Å². The number of benzene rings is 1. The molecule has 4 heteroatoms. The van der Waals surface area contributed by atoms with Gasteiger partial charge in [-0.2, -0.15) is 0 Å². The van der Waals surface area contributed by atoms with E-state index in [2.05, 4.69) is 17.4 Å². The number of hydrogen-bond acceptors (Lipinski definition) is 2. The molecule has 0 spiro atoms. The molecule has 17 heavy (non-hydrogen) atoms. The van der Waals surface area contributed by atoms with E-state index in [0.717, 1.165) is 13.0 Å². The number of alkyl halides is 2. The minimum Gasteiger partial charge on any atom is -0.308 e. The standard InChI is InChI=1S/C13H18F2N2/c1-17(9-13(14)15)8-12-6-10-4-2-3-5-11(10)7-16-12/h2-5,12-13,16H,6-9H2,1H3. The van der Waals surface area contributed by atoms with Gasteiger partial charge in [-0.3, -0.25) is 4.90 Å². The first-order valence-electron chi connectivity index (χ1n) is 5.92. The zero-order valence-corrected chi connectivity index (χ0v) is 10.00. The summed E-state index contributed by atoms with van der Waals surface area (Å²) in [7, 11) is 1.74. The third-order valence-electron chi connectivity index (χ3n) is 3.15. The van der Waals surface area contributed by atoms with Gasteiger partial charge in [0.15, 0.2) is 0 Å². The first-order valence-corrected chi connectivity index (χ1v) is 5.92. The SMILES string of the molecule is CN(CC(F)F)CC1Cc2ccccc2CN1. The average Bonchev–Trinajstić information content (AvgIpc) is 2.27. The molecule has 1 heterocycles. The van der Waals surface area contributed by atoms with Gasteiger partial charge in [0, 0.05) is 19.1 Å². The van der Waals surface area contributed by atoms with Crippen LogP contribution in [0.2, 0.25) is 0 Å². The van der Waals surface area contributed by atoms with E-state index in [-0.39, 0.29) is 12.6 Å². The number of likely N-dealkylation sites (N-methyl/N-ethyl adjacent to an activating group) is 1. The zero-order valence-electron chi connectivity index (χ0n) is 10.00. The average molecular weight is 240 g/mol. The number of nitrogens with one attached hydrogen (secondary N) is 1. The fourth-order valence-electron chi connectivity index (χ4n) is 2.34. The lowest BCUT2D eigenvalue weighted by Gasteiger charge is -2.29. The summed E-state index contributed by atoms with van der Waals surface area (Å²) in [4.78, 5) is 1.69. The molecule has 1 atom stereocenters. The van der Waals surface area contributed by atoms with Gasteiger partial charge in [-0.1, -0.05) is 24.3 Å². The minimum absolute atomic E-state index is 0.153. The summed E-state index contributed by atoms with van der Waals surface area (Å²) in [5, 5.41) is 3.39. The lowest BCUT2D eigenvalue weighted by Crippen LogP contribution is -2.44. The second kappa shape index (κ2) is 5.56. The van der Waals surface area contributed by atoms with Crippen LogP contribution in [0.3, 0.4) is 0 Å². The molecule has 0 aromatic heterocycles. The van der Waals surface area contributed by atoms with Gasteiger partial charge < -0.3 is 5.32 Å². The molecule has 0 radical (unpaired) electrons. The second-order valence-corrected chi connectivity index (χ2v) is 4.66. The van der Waals surface area contributed by atoms with E-state index >= 15 is 0 Å². The molecular weight excluding hydrogens is 222 g/mol. The van der Waals surface area contributed by atoms with Crippen LogP contribution in [0.5, 0.6) is 0 Å². The van der Waals surface area contributed by atoms with Gasteiger partial charge in [-0.15, -0.1) is 0 Å². The van der Waals surface area contributed by atoms with E-state index in [9.17, 15) is 8.78 Å². The van der Waals surface area contributed by atoms with Crippen LogP contribution in [0.15, 0.2) is 24.3 Å². The first kappa shape index (κ1) is 12.5. The largest absolute Gasteiger partial charge is 0.308 e. The topological polar surface area (TPSA) is 15.3 Å². The van der Waals surface area contributed by atoms with Gasteiger partial charge in [-0.05, 0) is 24.6 Å². The van der Waals surface area contributed by atoms with E-state index in [0.29, 0.717) is 6.54 Å². The van der Waals surface area contributed by atoms with Gasteiger partial charge in [0.2, 0.25) is 0 Å². The maximum Gasteiger partial charge on any atom is 0.251 e. The van der Waals surface area contributed by atoms with Crippen molar-refractivity contribution in [2.24, 2.45) is 0 Å². The second-order valence-electron chi connectivity index (χ2n) is 4.66. The van der Waals surface area contributed by atoms with E-state index < -0.39 is 6.43 Å². The molecular formula is C13H18F2N2. The van der Waals surface area contributed by atoms with Crippen LogP contribution in [0.4, 0.5) is 8.78 Å². The Balaban J connectivity index is 1.90. The summed E-state index contributed by atoms with van der Waals surface area (Å²) < 4.78 is 24.4. The maximum atomic E-state index is 12.2. The van der Waals surface area contributed by atoms with Crippen LogP contribution in [0.1, 0.15) is 11.1 Å². The third kappa shape index (κ3) is 3.48. The van der Waals surface area contributed by atoms with E-state index in [1.807, 2.05) is 12.1 Å². The Labute approximate surface area is 101 Å². The first-order chi connectivity index (χ1) is 8.15. The summed E-state index contributed by atoms with van der Waals surface area (Å²) in [5.41, 5.74) is 2.65. The van der Waals surface area contributed by atoms with Crippen molar-refractivity contribution < 1.29 is 8.78 Å². The molecule has 0 saturated heterocycles. The van der Waals surface area contributed by atoms with Gasteiger partial charge in [0.1, 0.15) is 0 Å². The normalized spacial score (nSPS) is 19.7. The Morgan fingerprint density at radius 3 is 2.76 bits per heavy atom. The number of fused-ring (bicyclic) bond motifs is 1. The third-order valence-corrected chi connectivity index (χ3v) is 3.15. The highest BCUT2D eigenvalue weighted by atomic mass is 19.3. The smallest absolute Gasteiger partial charge is 0.251 e. The highest BCUT2D eigenvalue weighted by molar-refractivity contribution is 5.29. The number of halogens is 2. The van der Waals surface area contributed by atoms with Gasteiger partial charge in [0.25, 0.3) is 6.43 Å². The number of hydrogen-bond donors (Lipinski definition) is 1. The molecule has 2 rings (SSSR count). The van der Waals surface area contributed by atoms with Gasteiger partial charge >= 0.3 is 0 Å². The Bertz CT molecular complexity index is 368. The van der Waals surface area contributed by atoms with Crippen molar-refractivity contribution in [3.63, 3.8) is 0 Å². The van der Waals surface area contributed by atoms with Gasteiger partial charge in [0.05, 0.1) is 6.54 Å². The Kier molecular flexibility index (Phi) is 4.07. The van der Waals surface area contributed by atoms with Crippen LogP contribution < -0.4 is 5.32 Å². The van der Waals surface area contributed by atoms with Crippen molar-refractivity contribution in [1.29, 1.82) is 0 Å². The fraction of sp³-hybridized carbons (Fsp3) is 0.538. The van der Waals surface area contributed by atoms with Crippen LogP contribution in [-0.4, -0.2) is 37.5 Å². The number of rotatable bonds is 4. The zero-order chi connectivity index (χ0) is 12.3. The molecule has 0 bridgehead atoms. The van der Waals surface area contributed by atoms with Crippen LogP contribution in [-0.2, 0) is 13.0 Å². The maximum absolute atomic E-state index is 12.2. The minimum atomic E-state index is -2.25. The highest BCUT2D eigenvalue weighted by Crippen LogP contribution is 2.16. The van der Waals surface area contributed by atoms with Crippen molar-refractivity contribution in [3.05, 3.63) is 35.4 Å². The van der Waals surface area contributed by atoms with E-state index in [1.165, 1.54) is 11.1 Å². The van der Waals surface area contributed by atoms with Crippen molar-refractivity contribution in [3.8, 4) is 0 Å². The van der Waals surface area contributed by atoms with E-state index in [4.69, 9.17) is 0 Å². The predicted octanol–water partition coefficient (Wildman–Crippen LogP) is 1.90. The van der Waals surface area contributed by atoms with Crippen molar-refractivity contribution in [2.45, 2.75) is 25.4 Å². The molecule has 1 N–H and O–H groups in total. The molecule has 0 saturated carbocycles. The molecule has 0 aliphatic carbocycles. The number of nitrogens with zero attached hydrogens (tertiary/aromatic N) is 1. The summed E-state index contributed by atoms with van der Waals surface area (Å²) >= 11 is 0. The molecule has 1 unspecified atom stereocenters. The van der Waals surface area contributed by atoms with Crippen LogP contribution in [0.25, 0.3) is 0 Å². The van der Waals surface area contributed by atoms with Crippen molar-refractivity contribution >= 4 is 0 Å². The molecule has 1 aliphatic heterocycles. The summed E-state index contributed by atoms with van der Waals surface area (Å²) in [6, 6.07) is 8.57. The summed E-state index contributed by atoms with van der Waals surface area (Å²) in [6.45, 7) is 1.35. The van der Waals surface area contributed by atoms with Crippen LogP contribution >= 0.6 is 0 Å². The molecule has 1 aliphatic rings. The summed E-state index contributed by atoms with van der Waals surface area (Å²) in [5.74, 6) is 0. The fourth-order valence-corrected chi connectivity index (χ4v) is 2.34. The van der Waals surface area contributed by atoms with Crippen molar-refractivity contribution in [1.82, 2.24) is 10.2 Å². The quantitative estimate of drug-likeness (QED) is 0.864. The lowest BCUT2D eigenvalue weighted by molar-refractivity contribution is 0.0953. The molecule has 1 aromatic rings. The highest BCUT2D eigenvalue weighted by Gasteiger charge is 2.19. The molecule has 1 aromatic carbocycles. The van der Waals surface area contributed by atoms with Crippen molar-refractivity contribution in [2.75, 3.05) is 20.1 Å². The van der Waals surface area contributed by atoms with Gasteiger partial charge in [-0.25, -0.2) is 8.78 Å². The van der Waals surface area contributed by atoms with E-state index in [1.54, 1.807) is 11.9 Å². The molecule has 94 valence electrons. The summed E-state index contributed by atoms with van der Waals surface area (Å²) in [6.07, 6.45) is -1.33. The Morgan fingerprint density at radius 2 is 2.06 bits per heavy atom. The Hall–Kier alpha value is -1.00. The monoisotopic (exact) mass is 240 g/mol.